The van der Waals surface area contributed by atoms with Crippen molar-refractivity contribution < 1.29 is 22.7 Å². The first-order valence-electron chi connectivity index (χ1n) is 9.94. The Hall–Kier alpha value is -3.70. The average molecular weight is 495 g/mol. The first kappa shape index (κ1) is 21.5. The fraction of sp³-hybridized carbons (Fsp3) is 0.167. The predicted octanol–water partition coefficient (Wildman–Crippen LogP) is 6.98. The third-order valence-corrected chi connectivity index (χ3v) is 5.05. The van der Waals surface area contributed by atoms with Gasteiger partial charge in [-0.1, -0.05) is 0 Å². The van der Waals surface area contributed by atoms with Crippen molar-refractivity contribution >= 4 is 28.0 Å². The maximum Gasteiger partial charge on any atom is 0.238 e. The Morgan fingerprint density at radius 1 is 1.06 bits per heavy atom. The van der Waals surface area contributed by atoms with E-state index in [1.807, 2.05) is 26.0 Å². The molecule has 8 heteroatoms. The van der Waals surface area contributed by atoms with Crippen molar-refractivity contribution in [3.8, 4) is 40.4 Å². The molecule has 162 valence electrons. The number of aliphatic imine (C=N–C) groups is 1. The Morgan fingerprint density at radius 3 is 2.41 bits per heavy atom. The van der Waals surface area contributed by atoms with E-state index in [0.29, 0.717) is 47.6 Å². The summed E-state index contributed by atoms with van der Waals surface area (Å²) < 4.78 is 29.1. The van der Waals surface area contributed by atoms with E-state index in [-0.39, 0.29) is 11.4 Å². The van der Waals surface area contributed by atoms with Crippen molar-refractivity contribution in [1.82, 2.24) is 0 Å². The van der Waals surface area contributed by atoms with Gasteiger partial charge >= 0.3 is 0 Å². The molecule has 3 aromatic heterocycles. The third-order valence-electron chi connectivity index (χ3n) is 4.47. The highest BCUT2D eigenvalue weighted by Gasteiger charge is 2.26. The van der Waals surface area contributed by atoms with Gasteiger partial charge in [0.15, 0.2) is 23.0 Å². The summed E-state index contributed by atoms with van der Waals surface area (Å²) in [7, 11) is 0. The number of furan rings is 3. The Morgan fingerprint density at radius 2 is 1.78 bits per heavy atom. The second kappa shape index (κ2) is 9.62. The number of rotatable bonds is 8. The highest BCUT2D eigenvalue weighted by atomic mass is 79.9. The zero-order chi connectivity index (χ0) is 22.5. The van der Waals surface area contributed by atoms with Gasteiger partial charge in [-0.3, -0.25) is 0 Å². The van der Waals surface area contributed by atoms with Gasteiger partial charge < -0.3 is 22.7 Å². The molecule has 4 aromatic rings. The molecule has 0 bridgehead atoms. The molecule has 0 radical (unpaired) electrons. The normalized spacial score (nSPS) is 11.1. The minimum atomic E-state index is 0.147. The highest BCUT2D eigenvalue weighted by molar-refractivity contribution is 9.10. The van der Waals surface area contributed by atoms with Gasteiger partial charge in [-0.25, -0.2) is 4.99 Å². The van der Waals surface area contributed by atoms with Gasteiger partial charge in [-0.2, -0.15) is 5.26 Å². The molecule has 7 nitrogen and oxygen atoms in total. The molecule has 0 aliphatic heterocycles. The van der Waals surface area contributed by atoms with Gasteiger partial charge in [-0.05, 0) is 71.7 Å². The van der Waals surface area contributed by atoms with Crippen molar-refractivity contribution in [1.29, 1.82) is 5.26 Å². The van der Waals surface area contributed by atoms with Crippen LogP contribution < -0.4 is 9.47 Å². The van der Waals surface area contributed by atoms with Crippen molar-refractivity contribution in [2.75, 3.05) is 13.2 Å². The second-order valence-electron chi connectivity index (χ2n) is 6.51. The topological polar surface area (TPSA) is 94.0 Å². The van der Waals surface area contributed by atoms with Gasteiger partial charge in [0.2, 0.25) is 5.88 Å². The van der Waals surface area contributed by atoms with Crippen LogP contribution >= 0.6 is 15.9 Å². The van der Waals surface area contributed by atoms with Gasteiger partial charge in [0.05, 0.1) is 35.8 Å². The molecule has 0 amide bonds. The Bertz CT molecular complexity index is 1260. The van der Waals surface area contributed by atoms with Crippen LogP contribution in [0.25, 0.3) is 22.8 Å². The fourth-order valence-electron chi connectivity index (χ4n) is 3.19. The van der Waals surface area contributed by atoms with E-state index in [2.05, 4.69) is 27.0 Å². The lowest BCUT2D eigenvalue weighted by atomic mass is 10.1. The molecule has 4 rings (SSSR count). The van der Waals surface area contributed by atoms with E-state index in [1.165, 1.54) is 12.5 Å². The molecule has 0 N–H and O–H groups in total. The zero-order valence-corrected chi connectivity index (χ0v) is 19.0. The summed E-state index contributed by atoms with van der Waals surface area (Å²) in [6.07, 6.45) is 4.66. The smallest absolute Gasteiger partial charge is 0.238 e. The number of halogens is 1. The largest absolute Gasteiger partial charge is 0.490 e. The van der Waals surface area contributed by atoms with Crippen molar-refractivity contribution in [3.05, 3.63) is 64.5 Å². The number of hydrogen-bond donors (Lipinski definition) is 0. The molecular weight excluding hydrogens is 476 g/mol. The summed E-state index contributed by atoms with van der Waals surface area (Å²) in [6.45, 7) is 4.81. The summed E-state index contributed by atoms with van der Waals surface area (Å²) in [4.78, 5) is 4.45. The van der Waals surface area contributed by atoms with Crippen molar-refractivity contribution in [3.63, 3.8) is 0 Å². The van der Waals surface area contributed by atoms with Gasteiger partial charge in [-0.15, -0.1) is 0 Å². The molecule has 0 saturated carbocycles. The Balaban J connectivity index is 1.79. The lowest BCUT2D eigenvalue weighted by Gasteiger charge is -2.13. The molecule has 0 fully saturated rings. The van der Waals surface area contributed by atoms with Crippen LogP contribution in [0, 0.1) is 11.3 Å². The van der Waals surface area contributed by atoms with Gasteiger partial charge in [0.25, 0.3) is 0 Å². The van der Waals surface area contributed by atoms with Crippen LogP contribution in [0.3, 0.4) is 0 Å². The molecule has 0 unspecified atom stereocenters. The molecule has 3 heterocycles. The molecule has 0 saturated heterocycles. The van der Waals surface area contributed by atoms with Crippen molar-refractivity contribution in [2.45, 2.75) is 13.8 Å². The number of nitrogens with zero attached hydrogens (tertiary/aromatic N) is 2. The van der Waals surface area contributed by atoms with Crippen LogP contribution in [-0.2, 0) is 0 Å². The molecule has 0 aliphatic rings. The Kier molecular flexibility index (Phi) is 6.47. The fourth-order valence-corrected chi connectivity index (χ4v) is 3.77. The van der Waals surface area contributed by atoms with E-state index in [9.17, 15) is 5.26 Å². The van der Waals surface area contributed by atoms with Gasteiger partial charge in [0, 0.05) is 6.21 Å². The first-order valence-corrected chi connectivity index (χ1v) is 10.7. The summed E-state index contributed by atoms with van der Waals surface area (Å²) in [6, 6.07) is 12.8. The molecule has 0 aliphatic carbocycles. The van der Waals surface area contributed by atoms with Crippen LogP contribution in [0.2, 0.25) is 0 Å². The molecule has 32 heavy (non-hydrogen) atoms. The van der Waals surface area contributed by atoms with E-state index < -0.39 is 0 Å². The number of nitriles is 1. The Labute approximate surface area is 193 Å². The monoisotopic (exact) mass is 494 g/mol. The zero-order valence-electron chi connectivity index (χ0n) is 17.4. The number of hydrogen-bond acceptors (Lipinski definition) is 7. The van der Waals surface area contributed by atoms with Crippen molar-refractivity contribution in [2.24, 2.45) is 4.99 Å². The number of benzene rings is 1. The van der Waals surface area contributed by atoms with Gasteiger partial charge in [0.1, 0.15) is 17.4 Å². The summed E-state index contributed by atoms with van der Waals surface area (Å²) >= 11 is 3.52. The number of ether oxygens (including phenoxy) is 2. The minimum Gasteiger partial charge on any atom is -0.490 e. The molecular formula is C24H19BrN2O5. The molecule has 0 spiro atoms. The maximum absolute atomic E-state index is 9.86. The van der Waals surface area contributed by atoms with Crippen LogP contribution in [0.1, 0.15) is 25.0 Å². The van der Waals surface area contributed by atoms with E-state index in [0.717, 1.165) is 10.0 Å². The second-order valence-corrected chi connectivity index (χ2v) is 7.36. The summed E-state index contributed by atoms with van der Waals surface area (Å²) in [5.41, 5.74) is 1.48. The van der Waals surface area contributed by atoms with E-state index in [1.54, 1.807) is 30.5 Å². The lowest BCUT2D eigenvalue weighted by molar-refractivity contribution is 0.286. The minimum absolute atomic E-state index is 0.147. The molecule has 1 aromatic carbocycles. The standard InChI is InChI=1S/C24H19BrN2O5/c1-3-28-20-12-15(11-17(25)22(20)29-4-2)14-27-24-16(13-26)21(18-7-5-9-30-18)23(32-24)19-8-6-10-31-19/h5-12,14H,3-4H2,1-2H3. The first-order chi connectivity index (χ1) is 15.7. The lowest BCUT2D eigenvalue weighted by Crippen LogP contribution is -2.00. The van der Waals surface area contributed by atoms with Crippen LogP contribution in [-0.4, -0.2) is 19.4 Å². The highest BCUT2D eigenvalue weighted by Crippen LogP contribution is 2.43. The predicted molar refractivity (Wildman–Crippen MR) is 123 cm³/mol. The van der Waals surface area contributed by atoms with Crippen LogP contribution in [0.5, 0.6) is 11.5 Å². The average Bonchev–Trinajstić information content (AvgIpc) is 3.54. The summed E-state index contributed by atoms with van der Waals surface area (Å²) in [5, 5.41) is 9.86. The van der Waals surface area contributed by atoms with E-state index >= 15 is 0 Å². The van der Waals surface area contributed by atoms with Crippen LogP contribution in [0.15, 0.2) is 71.6 Å². The quantitative estimate of drug-likeness (QED) is 0.245. The molecule has 0 atom stereocenters. The SMILES string of the molecule is CCOc1cc(C=Nc2oc(-c3ccco3)c(-c3ccco3)c2C#N)cc(Br)c1OCC. The third kappa shape index (κ3) is 4.20. The maximum atomic E-state index is 9.86. The summed E-state index contributed by atoms with van der Waals surface area (Å²) in [5.74, 6) is 2.70. The van der Waals surface area contributed by atoms with Crippen LogP contribution in [0.4, 0.5) is 5.88 Å². The van der Waals surface area contributed by atoms with E-state index in [4.69, 9.17) is 22.7 Å².